The monoisotopic (exact) mass is 212 g/mol. The third kappa shape index (κ3) is 1.78. The van der Waals surface area contributed by atoms with E-state index >= 15 is 0 Å². The fourth-order valence-electron chi connectivity index (χ4n) is 1.07. The van der Waals surface area contributed by atoms with Crippen molar-refractivity contribution in [1.29, 1.82) is 0 Å². The molecule has 2 heterocycles. The second kappa shape index (κ2) is 3.31. The van der Waals surface area contributed by atoms with Gasteiger partial charge in [0.25, 0.3) is 0 Å². The predicted molar refractivity (Wildman–Crippen MR) is 57.6 cm³/mol. The first-order chi connectivity index (χ1) is 6.25. The lowest BCUT2D eigenvalue weighted by molar-refractivity contribution is 0.662. The molecule has 68 valence electrons. The van der Waals surface area contributed by atoms with E-state index in [4.69, 9.17) is 18.0 Å². The molecule has 0 radical (unpaired) electrons. The number of nitrogens with zero attached hydrogens (tertiary/aromatic N) is 1. The molecule has 13 heavy (non-hydrogen) atoms. The molecule has 0 unspecified atom stereocenters. The van der Waals surface area contributed by atoms with Crippen molar-refractivity contribution >= 4 is 34.6 Å². The fourth-order valence-corrected chi connectivity index (χ4v) is 1.96. The lowest BCUT2D eigenvalue weighted by atomic mass is 10.3. The van der Waals surface area contributed by atoms with Gasteiger partial charge in [0.05, 0.1) is 0 Å². The van der Waals surface area contributed by atoms with Gasteiger partial charge in [0.2, 0.25) is 0 Å². The second-order valence-electron chi connectivity index (χ2n) is 2.57. The quantitative estimate of drug-likeness (QED) is 0.595. The maximum atomic E-state index is 5.54. The number of rotatable bonds is 1. The summed E-state index contributed by atoms with van der Waals surface area (Å²) in [5.41, 5.74) is 6.62. The molecule has 1 atom stereocenters. The number of hydrogen-bond acceptors (Lipinski definition) is 4. The number of aliphatic imine (C=N–C) groups is 1. The van der Waals surface area contributed by atoms with Crippen LogP contribution in [0, 0.1) is 0 Å². The molecule has 0 aromatic carbocycles. The highest BCUT2D eigenvalue weighted by atomic mass is 32.1. The fraction of sp³-hybridized carbons (Fsp3) is 0.143. The minimum atomic E-state index is -0.139. The molecule has 0 spiro atoms. The number of nitrogens with one attached hydrogen (secondary N) is 2. The van der Waals surface area contributed by atoms with Gasteiger partial charge in [-0.05, 0) is 29.0 Å². The Morgan fingerprint density at radius 1 is 1.62 bits per heavy atom. The van der Waals surface area contributed by atoms with E-state index < -0.39 is 0 Å². The Morgan fingerprint density at radius 3 is 3.08 bits per heavy atom. The van der Waals surface area contributed by atoms with Crippen LogP contribution in [-0.2, 0) is 0 Å². The van der Waals surface area contributed by atoms with E-state index in [0.717, 1.165) is 5.56 Å². The van der Waals surface area contributed by atoms with Crippen LogP contribution in [0.25, 0.3) is 0 Å². The van der Waals surface area contributed by atoms with E-state index in [0.29, 0.717) is 11.1 Å². The van der Waals surface area contributed by atoms with E-state index in [2.05, 4.69) is 15.6 Å². The van der Waals surface area contributed by atoms with Gasteiger partial charge in [-0.25, -0.2) is 4.99 Å². The standard InChI is InChI=1S/C7H8N4S2/c8-6-9-5(10-7(12)11-6)4-1-2-13-3-4/h1-3,5H,(H4,8,9,10,11,12)/t5-/m0/s1. The Kier molecular flexibility index (Phi) is 2.15. The van der Waals surface area contributed by atoms with Crippen LogP contribution in [0.5, 0.6) is 0 Å². The van der Waals surface area contributed by atoms with Crippen LogP contribution in [0.3, 0.4) is 0 Å². The molecule has 1 aromatic rings. The van der Waals surface area contributed by atoms with E-state index in [-0.39, 0.29) is 6.17 Å². The Bertz CT molecular complexity index is 343. The predicted octanol–water partition coefficient (Wildman–Crippen LogP) is 0.539. The number of hydrogen-bond donors (Lipinski definition) is 3. The van der Waals surface area contributed by atoms with Crippen molar-refractivity contribution in [2.45, 2.75) is 6.17 Å². The highest BCUT2D eigenvalue weighted by Gasteiger charge is 2.16. The lowest BCUT2D eigenvalue weighted by Gasteiger charge is -2.22. The smallest absolute Gasteiger partial charge is 0.197 e. The van der Waals surface area contributed by atoms with Gasteiger partial charge in [-0.3, -0.25) is 0 Å². The van der Waals surface area contributed by atoms with E-state index in [1.807, 2.05) is 16.8 Å². The highest BCUT2D eigenvalue weighted by molar-refractivity contribution is 7.80. The van der Waals surface area contributed by atoms with E-state index in [1.54, 1.807) is 11.3 Å². The summed E-state index contributed by atoms with van der Waals surface area (Å²) < 4.78 is 0. The molecule has 0 aliphatic carbocycles. The average molecular weight is 212 g/mol. The molecule has 1 aliphatic rings. The van der Waals surface area contributed by atoms with Gasteiger partial charge in [-0.15, -0.1) is 0 Å². The van der Waals surface area contributed by atoms with Crippen LogP contribution in [0.15, 0.2) is 21.8 Å². The van der Waals surface area contributed by atoms with Crippen molar-refractivity contribution in [2.24, 2.45) is 10.7 Å². The molecule has 1 aromatic heterocycles. The van der Waals surface area contributed by atoms with Crippen LogP contribution in [-0.4, -0.2) is 11.1 Å². The number of thiophene rings is 1. The van der Waals surface area contributed by atoms with Crippen molar-refractivity contribution in [3.8, 4) is 0 Å². The zero-order valence-electron chi connectivity index (χ0n) is 6.65. The van der Waals surface area contributed by atoms with Gasteiger partial charge in [-0.1, -0.05) is 0 Å². The van der Waals surface area contributed by atoms with E-state index in [1.165, 1.54) is 0 Å². The molecule has 4 nitrogen and oxygen atoms in total. The summed E-state index contributed by atoms with van der Waals surface area (Å²) in [6.07, 6.45) is -0.139. The molecule has 1 aliphatic heterocycles. The molecular weight excluding hydrogens is 204 g/mol. The zero-order chi connectivity index (χ0) is 9.26. The molecule has 0 bridgehead atoms. The maximum absolute atomic E-state index is 5.54. The van der Waals surface area contributed by atoms with Crippen molar-refractivity contribution in [2.75, 3.05) is 0 Å². The molecule has 0 saturated heterocycles. The Morgan fingerprint density at radius 2 is 2.46 bits per heavy atom. The summed E-state index contributed by atoms with van der Waals surface area (Å²) in [6, 6.07) is 1.99. The van der Waals surface area contributed by atoms with Gasteiger partial charge in [0, 0.05) is 5.56 Å². The van der Waals surface area contributed by atoms with Crippen molar-refractivity contribution in [3.63, 3.8) is 0 Å². The first kappa shape index (κ1) is 8.46. The summed E-state index contributed by atoms with van der Waals surface area (Å²) in [7, 11) is 0. The van der Waals surface area contributed by atoms with Crippen molar-refractivity contribution < 1.29 is 0 Å². The van der Waals surface area contributed by atoms with Gasteiger partial charge in [0.1, 0.15) is 0 Å². The summed E-state index contributed by atoms with van der Waals surface area (Å²) in [5, 5.41) is 10.3. The second-order valence-corrected chi connectivity index (χ2v) is 3.76. The summed E-state index contributed by atoms with van der Waals surface area (Å²) in [4.78, 5) is 4.17. The highest BCUT2D eigenvalue weighted by Crippen LogP contribution is 2.18. The topological polar surface area (TPSA) is 62.4 Å². The molecular formula is C7H8N4S2. The number of thiocarbonyl (C=S) groups is 1. The number of guanidine groups is 1. The van der Waals surface area contributed by atoms with Gasteiger partial charge in [0.15, 0.2) is 17.2 Å². The van der Waals surface area contributed by atoms with Crippen LogP contribution in [0.1, 0.15) is 11.7 Å². The van der Waals surface area contributed by atoms with Crippen LogP contribution < -0.4 is 16.4 Å². The maximum Gasteiger partial charge on any atom is 0.197 e. The van der Waals surface area contributed by atoms with Gasteiger partial charge >= 0.3 is 0 Å². The zero-order valence-corrected chi connectivity index (χ0v) is 8.28. The molecule has 2 rings (SSSR count). The molecule has 0 amide bonds. The van der Waals surface area contributed by atoms with Gasteiger partial charge in [-0.2, -0.15) is 11.3 Å². The Labute approximate surface area is 84.9 Å². The lowest BCUT2D eigenvalue weighted by Crippen LogP contribution is -2.49. The van der Waals surface area contributed by atoms with Crippen molar-refractivity contribution in [1.82, 2.24) is 10.6 Å². The number of nitrogens with two attached hydrogens (primary N) is 1. The van der Waals surface area contributed by atoms with Crippen LogP contribution >= 0.6 is 23.6 Å². The largest absolute Gasteiger partial charge is 0.370 e. The summed E-state index contributed by atoms with van der Waals surface area (Å²) >= 11 is 6.58. The van der Waals surface area contributed by atoms with E-state index in [9.17, 15) is 0 Å². The summed E-state index contributed by atoms with van der Waals surface area (Å²) in [6.45, 7) is 0. The van der Waals surface area contributed by atoms with Crippen molar-refractivity contribution in [3.05, 3.63) is 22.4 Å². The molecule has 0 fully saturated rings. The first-order valence-corrected chi connectivity index (χ1v) is 5.04. The third-order valence-corrected chi connectivity index (χ3v) is 2.56. The molecule has 0 saturated carbocycles. The average Bonchev–Trinajstić information content (AvgIpc) is 2.53. The normalized spacial score (nSPS) is 21.7. The minimum absolute atomic E-state index is 0.139. The Balaban J connectivity index is 2.25. The first-order valence-electron chi connectivity index (χ1n) is 3.68. The van der Waals surface area contributed by atoms with Crippen LogP contribution in [0.2, 0.25) is 0 Å². The summed E-state index contributed by atoms with van der Waals surface area (Å²) in [5.74, 6) is 0.361. The molecule has 4 N–H and O–H groups in total. The Hall–Kier alpha value is -1.14. The minimum Gasteiger partial charge on any atom is -0.370 e. The SMILES string of the molecule is NC1=N[C@H](c2ccsc2)NC(=S)N1. The van der Waals surface area contributed by atoms with Gasteiger partial charge < -0.3 is 16.4 Å². The van der Waals surface area contributed by atoms with Crippen LogP contribution in [0.4, 0.5) is 0 Å². The molecule has 6 heteroatoms. The third-order valence-electron chi connectivity index (χ3n) is 1.64.